The number of aromatic hydroxyl groups is 1. The lowest BCUT2D eigenvalue weighted by molar-refractivity contribution is 0.0235. The molecule has 124 valence electrons. The van der Waals surface area contributed by atoms with Gasteiger partial charge in [0.25, 0.3) is 0 Å². The minimum Gasteiger partial charge on any atom is -0.508 e. The van der Waals surface area contributed by atoms with E-state index in [-0.39, 0.29) is 12.4 Å². The van der Waals surface area contributed by atoms with Crippen molar-refractivity contribution < 1.29 is 28.6 Å². The van der Waals surface area contributed by atoms with Gasteiger partial charge in [-0.3, -0.25) is 0 Å². The van der Waals surface area contributed by atoms with E-state index in [1.807, 2.05) is 6.55 Å². The van der Waals surface area contributed by atoms with Crippen LogP contribution >= 0.6 is 0 Å². The summed E-state index contributed by atoms with van der Waals surface area (Å²) in [6.45, 7) is 1.90. The largest absolute Gasteiger partial charge is 0.508 e. The SMILES string of the molecule is CO[Si](C)(CCCC(O)COC(=O)c1ccc(O)cc1)OC. The highest BCUT2D eigenvalue weighted by Crippen LogP contribution is 2.16. The molecule has 0 radical (unpaired) electrons. The normalized spacial score (nSPS) is 12.9. The zero-order valence-corrected chi connectivity index (χ0v) is 14.2. The molecule has 1 unspecified atom stereocenters. The number of phenolic OH excluding ortho intramolecular Hbond substituents is 1. The highest BCUT2D eigenvalue weighted by atomic mass is 28.4. The summed E-state index contributed by atoms with van der Waals surface area (Å²) in [4.78, 5) is 11.7. The zero-order valence-electron chi connectivity index (χ0n) is 13.2. The van der Waals surface area contributed by atoms with Crippen molar-refractivity contribution in [2.45, 2.75) is 31.5 Å². The first kappa shape index (κ1) is 18.6. The minimum atomic E-state index is -2.11. The van der Waals surface area contributed by atoms with E-state index >= 15 is 0 Å². The molecule has 7 heteroatoms. The van der Waals surface area contributed by atoms with Crippen molar-refractivity contribution in [3.05, 3.63) is 29.8 Å². The number of aliphatic hydroxyl groups excluding tert-OH is 1. The second-order valence-corrected chi connectivity index (χ2v) is 8.82. The van der Waals surface area contributed by atoms with Gasteiger partial charge in [0.15, 0.2) is 0 Å². The van der Waals surface area contributed by atoms with Crippen LogP contribution in [0.5, 0.6) is 5.75 Å². The number of esters is 1. The van der Waals surface area contributed by atoms with Gasteiger partial charge in [-0.15, -0.1) is 0 Å². The summed E-state index contributed by atoms with van der Waals surface area (Å²) in [6, 6.07) is 6.53. The van der Waals surface area contributed by atoms with Crippen LogP contribution in [-0.2, 0) is 13.6 Å². The van der Waals surface area contributed by atoms with E-state index in [0.29, 0.717) is 12.0 Å². The third-order valence-corrected chi connectivity index (χ3v) is 6.53. The van der Waals surface area contributed by atoms with Crippen LogP contribution in [0.25, 0.3) is 0 Å². The Kier molecular flexibility index (Phi) is 7.53. The molecule has 0 spiro atoms. The highest BCUT2D eigenvalue weighted by molar-refractivity contribution is 6.65. The lowest BCUT2D eigenvalue weighted by Crippen LogP contribution is -2.36. The summed E-state index contributed by atoms with van der Waals surface area (Å²) < 4.78 is 15.8. The number of benzene rings is 1. The number of rotatable bonds is 9. The van der Waals surface area contributed by atoms with E-state index in [9.17, 15) is 9.90 Å². The molecule has 0 amide bonds. The lowest BCUT2D eigenvalue weighted by atomic mass is 10.2. The molecule has 1 atom stereocenters. The van der Waals surface area contributed by atoms with Crippen molar-refractivity contribution >= 4 is 14.5 Å². The van der Waals surface area contributed by atoms with Crippen LogP contribution < -0.4 is 0 Å². The van der Waals surface area contributed by atoms with Crippen molar-refractivity contribution in [1.29, 1.82) is 0 Å². The summed E-state index contributed by atoms with van der Waals surface area (Å²) in [7, 11) is 1.15. The molecule has 0 aromatic heterocycles. The summed E-state index contributed by atoms with van der Waals surface area (Å²) >= 11 is 0. The first-order valence-corrected chi connectivity index (χ1v) is 9.67. The molecule has 1 aromatic carbocycles. The Hall–Kier alpha value is -1.41. The van der Waals surface area contributed by atoms with Crippen LogP contribution in [0.4, 0.5) is 0 Å². The van der Waals surface area contributed by atoms with Crippen LogP contribution in [0.15, 0.2) is 24.3 Å². The van der Waals surface area contributed by atoms with Gasteiger partial charge in [0.2, 0.25) is 0 Å². The maximum absolute atomic E-state index is 11.7. The summed E-state index contributed by atoms with van der Waals surface area (Å²) in [5, 5.41) is 19.0. The predicted octanol–water partition coefficient (Wildman–Crippen LogP) is 2.05. The first-order valence-electron chi connectivity index (χ1n) is 7.14. The third kappa shape index (κ3) is 6.14. The van der Waals surface area contributed by atoms with Crippen molar-refractivity contribution in [2.75, 3.05) is 20.8 Å². The van der Waals surface area contributed by atoms with Gasteiger partial charge in [-0.1, -0.05) is 0 Å². The molecule has 22 heavy (non-hydrogen) atoms. The van der Waals surface area contributed by atoms with Gasteiger partial charge in [0.05, 0.1) is 11.7 Å². The van der Waals surface area contributed by atoms with Crippen LogP contribution in [0.1, 0.15) is 23.2 Å². The van der Waals surface area contributed by atoms with Gasteiger partial charge in [0.1, 0.15) is 12.4 Å². The Balaban J connectivity index is 2.29. The maximum atomic E-state index is 11.7. The Morgan fingerprint density at radius 2 is 1.82 bits per heavy atom. The Labute approximate surface area is 131 Å². The van der Waals surface area contributed by atoms with Gasteiger partial charge in [0, 0.05) is 14.2 Å². The van der Waals surface area contributed by atoms with Gasteiger partial charge >= 0.3 is 14.5 Å². The van der Waals surface area contributed by atoms with E-state index in [2.05, 4.69) is 0 Å². The van der Waals surface area contributed by atoms with E-state index in [4.69, 9.17) is 18.7 Å². The van der Waals surface area contributed by atoms with Crippen LogP contribution in [-0.4, -0.2) is 51.7 Å². The topological polar surface area (TPSA) is 85.2 Å². The first-order chi connectivity index (χ1) is 10.4. The van der Waals surface area contributed by atoms with Crippen molar-refractivity contribution in [3.8, 4) is 5.75 Å². The van der Waals surface area contributed by atoms with Gasteiger partial charge in [-0.05, 0) is 49.7 Å². The number of carbonyl (C=O) groups is 1. The number of ether oxygens (including phenoxy) is 1. The van der Waals surface area contributed by atoms with Crippen LogP contribution in [0.2, 0.25) is 12.6 Å². The van der Waals surface area contributed by atoms with Gasteiger partial charge < -0.3 is 23.8 Å². The standard InChI is InChI=1S/C15H24O6Si/c1-19-22(3,20-2)10-4-5-14(17)11-21-15(18)12-6-8-13(16)9-7-12/h6-9,14,16-17H,4-5,10-11H2,1-3H3. The fourth-order valence-electron chi connectivity index (χ4n) is 1.88. The zero-order chi connectivity index (χ0) is 16.6. The molecular weight excluding hydrogens is 304 g/mol. The predicted molar refractivity (Wildman–Crippen MR) is 84.1 cm³/mol. The average Bonchev–Trinajstić information content (AvgIpc) is 2.53. The monoisotopic (exact) mass is 328 g/mol. The van der Waals surface area contributed by atoms with Crippen LogP contribution in [0, 0.1) is 0 Å². The number of phenols is 1. The molecule has 6 nitrogen and oxygen atoms in total. The molecular formula is C15H24O6Si. The molecule has 0 aliphatic heterocycles. The molecule has 0 aliphatic carbocycles. The summed E-state index contributed by atoms with van der Waals surface area (Å²) in [5.41, 5.74) is 0.337. The van der Waals surface area contributed by atoms with E-state index in [1.165, 1.54) is 24.3 Å². The number of hydrogen-bond donors (Lipinski definition) is 2. The molecule has 0 fully saturated rings. The quantitative estimate of drug-likeness (QED) is 0.533. The number of aliphatic hydroxyl groups is 1. The number of carbonyl (C=O) groups excluding carboxylic acids is 1. The number of hydrogen-bond acceptors (Lipinski definition) is 6. The molecule has 0 saturated heterocycles. The smallest absolute Gasteiger partial charge is 0.338 e. The minimum absolute atomic E-state index is 0.0576. The molecule has 0 heterocycles. The maximum Gasteiger partial charge on any atom is 0.338 e. The van der Waals surface area contributed by atoms with Crippen LogP contribution in [0.3, 0.4) is 0 Å². The lowest BCUT2D eigenvalue weighted by Gasteiger charge is -2.23. The molecule has 1 rings (SSSR count). The molecule has 0 aliphatic rings. The third-order valence-electron chi connectivity index (χ3n) is 3.54. The Morgan fingerprint density at radius 3 is 2.36 bits per heavy atom. The van der Waals surface area contributed by atoms with Crippen molar-refractivity contribution in [2.24, 2.45) is 0 Å². The Bertz CT molecular complexity index is 458. The molecule has 0 saturated carbocycles. The van der Waals surface area contributed by atoms with Crippen molar-refractivity contribution in [3.63, 3.8) is 0 Å². The fourth-order valence-corrected chi connectivity index (χ4v) is 3.30. The second kappa shape index (κ2) is 8.89. The van der Waals surface area contributed by atoms with E-state index in [0.717, 1.165) is 12.5 Å². The highest BCUT2D eigenvalue weighted by Gasteiger charge is 2.28. The van der Waals surface area contributed by atoms with E-state index < -0.39 is 20.6 Å². The molecule has 1 aromatic rings. The molecule has 2 N–H and O–H groups in total. The summed E-state index contributed by atoms with van der Waals surface area (Å²) in [6.07, 6.45) is 0.536. The van der Waals surface area contributed by atoms with Crippen molar-refractivity contribution in [1.82, 2.24) is 0 Å². The Morgan fingerprint density at radius 1 is 1.23 bits per heavy atom. The van der Waals surface area contributed by atoms with Gasteiger partial charge in [-0.25, -0.2) is 4.79 Å². The fraction of sp³-hybridized carbons (Fsp3) is 0.533. The van der Waals surface area contributed by atoms with Gasteiger partial charge in [-0.2, -0.15) is 0 Å². The molecule has 0 bridgehead atoms. The second-order valence-electron chi connectivity index (χ2n) is 5.23. The average molecular weight is 328 g/mol. The summed E-state index contributed by atoms with van der Waals surface area (Å²) in [5.74, 6) is -0.438. The van der Waals surface area contributed by atoms with E-state index in [1.54, 1.807) is 14.2 Å².